The first kappa shape index (κ1) is 20.2. The van der Waals surface area contributed by atoms with Gasteiger partial charge in [-0.25, -0.2) is 0 Å². The van der Waals surface area contributed by atoms with Crippen LogP contribution in [0.1, 0.15) is 39.5 Å². The minimum absolute atomic E-state index is 0.212. The van der Waals surface area contributed by atoms with Crippen LogP contribution in [0.15, 0.2) is 0 Å². The molecule has 0 amide bonds. The van der Waals surface area contributed by atoms with Crippen molar-refractivity contribution in [3.8, 4) is 0 Å². The fourth-order valence-electron chi connectivity index (χ4n) is 2.92. The zero-order valence-corrected chi connectivity index (χ0v) is 15.7. The van der Waals surface area contributed by atoms with Gasteiger partial charge < -0.3 is 0 Å². The van der Waals surface area contributed by atoms with Crippen molar-refractivity contribution in [3.05, 3.63) is 0 Å². The Morgan fingerprint density at radius 3 is 1.62 bits per heavy atom. The summed E-state index contributed by atoms with van der Waals surface area (Å²) in [7, 11) is 0. The molecule has 21 heavy (non-hydrogen) atoms. The number of unbranched alkanes of at least 4 members (excludes halogenated alkanes) is 1. The zero-order chi connectivity index (χ0) is 16.5. The topological polar surface area (TPSA) is 112 Å². The Morgan fingerprint density at radius 1 is 0.905 bits per heavy atom. The molecule has 122 valence electrons. The number of hydrogen-bond acceptors (Lipinski definition) is 3. The Morgan fingerprint density at radius 2 is 1.33 bits per heavy atom. The van der Waals surface area contributed by atoms with Crippen molar-refractivity contribution in [3.63, 3.8) is 0 Å². The van der Waals surface area contributed by atoms with Gasteiger partial charge >= 0.3 is 129 Å². The Kier molecular flexibility index (Phi) is 9.64. The van der Waals surface area contributed by atoms with Gasteiger partial charge in [0.2, 0.25) is 0 Å². The van der Waals surface area contributed by atoms with Gasteiger partial charge in [0.25, 0.3) is 0 Å². The van der Waals surface area contributed by atoms with Gasteiger partial charge in [-0.2, -0.15) is 0 Å². The number of carboxylic acids is 3. The molecule has 0 aliphatic carbocycles. The van der Waals surface area contributed by atoms with E-state index in [-0.39, 0.29) is 19.2 Å². The average Bonchev–Trinajstić information content (AvgIpc) is 2.31. The van der Waals surface area contributed by atoms with Gasteiger partial charge in [0.05, 0.1) is 0 Å². The average molecular weight is 409 g/mol. The third kappa shape index (κ3) is 8.95. The van der Waals surface area contributed by atoms with E-state index in [0.29, 0.717) is 4.44 Å². The molecule has 0 spiro atoms. The van der Waals surface area contributed by atoms with E-state index in [2.05, 4.69) is 6.92 Å². The third-order valence-electron chi connectivity index (χ3n) is 3.84. The van der Waals surface area contributed by atoms with E-state index >= 15 is 0 Å². The van der Waals surface area contributed by atoms with E-state index in [9.17, 15) is 14.4 Å². The molecule has 0 fully saturated rings. The van der Waals surface area contributed by atoms with Gasteiger partial charge in [-0.3, -0.25) is 0 Å². The van der Waals surface area contributed by atoms with Crippen LogP contribution in [0, 0.1) is 5.92 Å². The molecule has 0 aliphatic heterocycles. The van der Waals surface area contributed by atoms with Crippen LogP contribution in [0.5, 0.6) is 0 Å². The van der Waals surface area contributed by atoms with Gasteiger partial charge in [-0.05, 0) is 0 Å². The Bertz CT molecular complexity index is 328. The molecule has 0 bridgehead atoms. The van der Waals surface area contributed by atoms with Crippen LogP contribution in [0.2, 0.25) is 17.7 Å². The van der Waals surface area contributed by atoms with Crippen molar-refractivity contribution in [1.29, 1.82) is 0 Å². The predicted molar refractivity (Wildman–Crippen MR) is 81.2 cm³/mol. The van der Waals surface area contributed by atoms with E-state index in [1.165, 1.54) is 0 Å². The molecule has 0 aromatic carbocycles. The molecule has 0 saturated heterocycles. The monoisotopic (exact) mass is 410 g/mol. The summed E-state index contributed by atoms with van der Waals surface area (Å²) in [6.45, 7) is 4.06. The Labute approximate surface area is 129 Å². The van der Waals surface area contributed by atoms with Crippen LogP contribution < -0.4 is 0 Å². The molecule has 0 radical (unpaired) electrons. The van der Waals surface area contributed by atoms with Crippen molar-refractivity contribution in [2.45, 2.75) is 57.3 Å². The molecule has 0 aromatic rings. The number of carboxylic acid groups (broad SMARTS) is 3. The molecular weight excluding hydrogens is 383 g/mol. The SMILES string of the molecule is CCCCC(CC)[CH2][Sn]([CH2]C(=O)O)([CH2]C(=O)O)[CH2]C(=O)O. The molecule has 1 atom stereocenters. The molecule has 0 heterocycles. The summed E-state index contributed by atoms with van der Waals surface area (Å²) in [6, 6.07) is 0. The van der Waals surface area contributed by atoms with Crippen molar-refractivity contribution >= 4 is 36.3 Å². The summed E-state index contributed by atoms with van der Waals surface area (Å²) >= 11 is -3.79. The standard InChI is InChI=1S/C8H17.3C2H3O2.Sn/c1-4-6-7-8(3)5-2;3*1-2(3)4;/h8H,3-7H2,1-2H3;3*1H2,(H,3,4);. The molecule has 1 unspecified atom stereocenters. The molecule has 3 N–H and O–H groups in total. The van der Waals surface area contributed by atoms with Crippen LogP contribution >= 0.6 is 0 Å². The summed E-state index contributed by atoms with van der Waals surface area (Å²) in [5.41, 5.74) is 0. The van der Waals surface area contributed by atoms with Gasteiger partial charge in [0.15, 0.2) is 0 Å². The van der Waals surface area contributed by atoms with E-state index in [0.717, 1.165) is 25.7 Å². The van der Waals surface area contributed by atoms with Gasteiger partial charge in [0.1, 0.15) is 0 Å². The molecule has 6 nitrogen and oxygen atoms in total. The normalized spacial score (nSPS) is 12.9. The summed E-state index contributed by atoms with van der Waals surface area (Å²) in [4.78, 5) is 33.4. The first-order chi connectivity index (χ1) is 9.74. The number of rotatable bonds is 12. The number of hydrogen-bond donors (Lipinski definition) is 3. The quantitative estimate of drug-likeness (QED) is 0.428. The molecule has 0 saturated carbocycles. The van der Waals surface area contributed by atoms with Crippen molar-refractivity contribution in [1.82, 2.24) is 0 Å². The zero-order valence-electron chi connectivity index (χ0n) is 12.8. The van der Waals surface area contributed by atoms with Crippen LogP contribution in [-0.2, 0) is 14.4 Å². The van der Waals surface area contributed by atoms with Crippen LogP contribution in [0.3, 0.4) is 0 Å². The molecule has 0 aromatic heterocycles. The first-order valence-electron chi connectivity index (χ1n) is 7.40. The fraction of sp³-hybridized carbons (Fsp3) is 0.786. The second kappa shape index (κ2) is 10.0. The van der Waals surface area contributed by atoms with Crippen LogP contribution in [-0.4, -0.2) is 51.6 Å². The second-order valence-electron chi connectivity index (χ2n) is 5.83. The van der Waals surface area contributed by atoms with Crippen LogP contribution in [0.4, 0.5) is 0 Å². The predicted octanol–water partition coefficient (Wildman–Crippen LogP) is 2.91. The fourth-order valence-corrected chi connectivity index (χ4v) is 15.6. The maximum atomic E-state index is 11.1. The summed E-state index contributed by atoms with van der Waals surface area (Å²) < 4.78 is -0.0994. The maximum absolute atomic E-state index is 11.1. The number of carbonyl (C=O) groups is 3. The first-order valence-corrected chi connectivity index (χ1v) is 15.5. The van der Waals surface area contributed by atoms with Crippen molar-refractivity contribution in [2.24, 2.45) is 5.92 Å². The van der Waals surface area contributed by atoms with E-state index in [1.54, 1.807) is 0 Å². The molecular formula is C14H26O6Sn. The molecule has 0 aliphatic rings. The Hall–Kier alpha value is -0.791. The van der Waals surface area contributed by atoms with E-state index in [1.807, 2.05) is 6.92 Å². The van der Waals surface area contributed by atoms with Crippen molar-refractivity contribution in [2.75, 3.05) is 0 Å². The van der Waals surface area contributed by atoms with E-state index < -0.39 is 36.3 Å². The molecule has 0 rings (SSSR count). The van der Waals surface area contributed by atoms with Gasteiger partial charge in [-0.1, -0.05) is 0 Å². The molecule has 7 heteroatoms. The van der Waals surface area contributed by atoms with Gasteiger partial charge in [0, 0.05) is 0 Å². The van der Waals surface area contributed by atoms with Gasteiger partial charge in [-0.15, -0.1) is 0 Å². The van der Waals surface area contributed by atoms with Crippen LogP contribution in [0.25, 0.3) is 0 Å². The third-order valence-corrected chi connectivity index (χ3v) is 17.0. The minimum atomic E-state index is -3.79. The summed E-state index contributed by atoms with van der Waals surface area (Å²) in [5.74, 6) is -2.92. The van der Waals surface area contributed by atoms with Crippen molar-refractivity contribution < 1.29 is 29.7 Å². The van der Waals surface area contributed by atoms with E-state index in [4.69, 9.17) is 15.3 Å². The second-order valence-corrected chi connectivity index (χ2v) is 18.6. The number of aliphatic carboxylic acids is 3. The Balaban J connectivity index is 5.23. The summed E-state index contributed by atoms with van der Waals surface area (Å²) in [5, 5.41) is 27.3. The summed E-state index contributed by atoms with van der Waals surface area (Å²) in [6.07, 6.45) is 3.80.